The third kappa shape index (κ3) is 3.41. The van der Waals surface area contributed by atoms with Gasteiger partial charge in [0.25, 0.3) is 5.91 Å². The van der Waals surface area contributed by atoms with Crippen LogP contribution in [0.5, 0.6) is 0 Å². The lowest BCUT2D eigenvalue weighted by atomic mass is 10.0. The Kier molecular flexibility index (Phi) is 5.08. The van der Waals surface area contributed by atoms with Crippen LogP contribution in [-0.4, -0.2) is 37.0 Å². The minimum atomic E-state index is -0.0209. The molecule has 5 heteroatoms. The van der Waals surface area contributed by atoms with E-state index in [1.165, 1.54) is 6.42 Å². The van der Waals surface area contributed by atoms with E-state index in [0.717, 1.165) is 25.9 Å². The van der Waals surface area contributed by atoms with Crippen molar-refractivity contribution < 1.29 is 4.79 Å². The van der Waals surface area contributed by atoms with Crippen LogP contribution in [0.25, 0.3) is 0 Å². The van der Waals surface area contributed by atoms with Gasteiger partial charge in [0.1, 0.15) is 0 Å². The Labute approximate surface area is 123 Å². The molecule has 19 heavy (non-hydrogen) atoms. The van der Waals surface area contributed by atoms with E-state index in [2.05, 4.69) is 5.32 Å². The van der Waals surface area contributed by atoms with Gasteiger partial charge in [-0.05, 0) is 44.5 Å². The third-order valence-electron chi connectivity index (χ3n) is 3.49. The molecule has 1 aromatic rings. The summed E-state index contributed by atoms with van der Waals surface area (Å²) < 4.78 is 0. The number of halogens is 2. The average molecular weight is 301 g/mol. The second-order valence-electron chi connectivity index (χ2n) is 4.83. The van der Waals surface area contributed by atoms with Crippen LogP contribution in [0, 0.1) is 0 Å². The van der Waals surface area contributed by atoms with E-state index in [4.69, 9.17) is 23.2 Å². The first-order chi connectivity index (χ1) is 9.13. The predicted molar refractivity (Wildman–Crippen MR) is 79.1 cm³/mol. The first-order valence-electron chi connectivity index (χ1n) is 6.54. The van der Waals surface area contributed by atoms with E-state index >= 15 is 0 Å². The molecule has 0 aliphatic carbocycles. The number of rotatable bonds is 3. The average Bonchev–Trinajstić information content (AvgIpc) is 2.42. The molecule has 1 unspecified atom stereocenters. The number of likely N-dealkylation sites (N-methyl/N-ethyl adjacent to an activating group) is 1. The van der Waals surface area contributed by atoms with E-state index in [9.17, 15) is 4.79 Å². The first-order valence-corrected chi connectivity index (χ1v) is 7.29. The van der Waals surface area contributed by atoms with Crippen molar-refractivity contribution in [3.8, 4) is 0 Å². The summed E-state index contributed by atoms with van der Waals surface area (Å²) in [6, 6.07) is 5.26. The smallest absolute Gasteiger partial charge is 0.255 e. The molecule has 1 amide bonds. The fourth-order valence-electron chi connectivity index (χ4n) is 2.53. The number of benzene rings is 1. The minimum absolute atomic E-state index is 0.0209. The topological polar surface area (TPSA) is 32.3 Å². The van der Waals surface area contributed by atoms with Crippen molar-refractivity contribution >= 4 is 29.1 Å². The Balaban J connectivity index is 2.23. The van der Waals surface area contributed by atoms with Crippen LogP contribution in [-0.2, 0) is 0 Å². The van der Waals surface area contributed by atoms with Gasteiger partial charge in [0.05, 0.1) is 10.6 Å². The standard InChI is InChI=1S/C14H18Cl2N2O/c1-17-9-11-4-2-3-7-18(11)14(19)12-8-10(15)5-6-13(12)16/h5-6,8,11,17H,2-4,7,9H2,1H3. The molecule has 1 heterocycles. The molecule has 0 saturated carbocycles. The Bertz CT molecular complexity index is 463. The first kappa shape index (κ1) is 14.6. The molecule has 104 valence electrons. The number of hydrogen-bond donors (Lipinski definition) is 1. The van der Waals surface area contributed by atoms with Gasteiger partial charge in [-0.2, -0.15) is 0 Å². The molecule has 1 aliphatic rings. The molecule has 0 spiro atoms. The van der Waals surface area contributed by atoms with Crippen molar-refractivity contribution in [3.63, 3.8) is 0 Å². The highest BCUT2D eigenvalue weighted by atomic mass is 35.5. The van der Waals surface area contributed by atoms with Gasteiger partial charge >= 0.3 is 0 Å². The lowest BCUT2D eigenvalue weighted by Gasteiger charge is -2.36. The largest absolute Gasteiger partial charge is 0.334 e. The van der Waals surface area contributed by atoms with Gasteiger partial charge in [-0.3, -0.25) is 4.79 Å². The number of hydrogen-bond acceptors (Lipinski definition) is 2. The summed E-state index contributed by atoms with van der Waals surface area (Å²) in [5.74, 6) is -0.0209. The van der Waals surface area contributed by atoms with E-state index < -0.39 is 0 Å². The highest BCUT2D eigenvalue weighted by Crippen LogP contribution is 2.25. The minimum Gasteiger partial charge on any atom is -0.334 e. The van der Waals surface area contributed by atoms with Crippen LogP contribution in [0.1, 0.15) is 29.6 Å². The predicted octanol–water partition coefficient (Wildman–Crippen LogP) is 3.21. The van der Waals surface area contributed by atoms with Gasteiger partial charge in [-0.1, -0.05) is 23.2 Å². The lowest BCUT2D eigenvalue weighted by Crippen LogP contribution is -2.48. The van der Waals surface area contributed by atoms with Crippen molar-refractivity contribution in [2.75, 3.05) is 20.1 Å². The molecule has 0 radical (unpaired) electrons. The van der Waals surface area contributed by atoms with E-state index in [1.54, 1.807) is 18.2 Å². The van der Waals surface area contributed by atoms with Crippen LogP contribution in [0.2, 0.25) is 10.0 Å². The fourth-order valence-corrected chi connectivity index (χ4v) is 2.90. The summed E-state index contributed by atoms with van der Waals surface area (Å²) in [6.07, 6.45) is 3.24. The number of likely N-dealkylation sites (tertiary alicyclic amines) is 1. The molecule has 1 N–H and O–H groups in total. The van der Waals surface area contributed by atoms with E-state index in [0.29, 0.717) is 15.6 Å². The quantitative estimate of drug-likeness (QED) is 0.930. The molecule has 1 aliphatic heterocycles. The van der Waals surface area contributed by atoms with Crippen molar-refractivity contribution in [2.24, 2.45) is 0 Å². The SMILES string of the molecule is CNCC1CCCCN1C(=O)c1cc(Cl)ccc1Cl. The van der Waals surface area contributed by atoms with Gasteiger partial charge < -0.3 is 10.2 Å². The molecule has 1 fully saturated rings. The summed E-state index contributed by atoms with van der Waals surface area (Å²) in [5, 5.41) is 4.15. The highest BCUT2D eigenvalue weighted by molar-refractivity contribution is 6.35. The van der Waals surface area contributed by atoms with Gasteiger partial charge in [-0.15, -0.1) is 0 Å². The van der Waals surface area contributed by atoms with Crippen LogP contribution < -0.4 is 5.32 Å². The Morgan fingerprint density at radius 1 is 1.42 bits per heavy atom. The Hall–Kier alpha value is -0.770. The molecule has 1 saturated heterocycles. The van der Waals surface area contributed by atoms with Crippen molar-refractivity contribution in [3.05, 3.63) is 33.8 Å². The molecule has 0 bridgehead atoms. The number of carbonyl (C=O) groups is 1. The summed E-state index contributed by atoms with van der Waals surface area (Å²) in [7, 11) is 1.91. The number of amides is 1. The van der Waals surface area contributed by atoms with E-state index in [-0.39, 0.29) is 11.9 Å². The molecular weight excluding hydrogens is 283 g/mol. The zero-order valence-corrected chi connectivity index (χ0v) is 12.5. The number of nitrogens with zero attached hydrogens (tertiary/aromatic N) is 1. The zero-order chi connectivity index (χ0) is 13.8. The third-order valence-corrected chi connectivity index (χ3v) is 4.05. The van der Waals surface area contributed by atoms with Crippen molar-refractivity contribution in [1.82, 2.24) is 10.2 Å². The molecule has 1 atom stereocenters. The number of nitrogens with one attached hydrogen (secondary N) is 1. The summed E-state index contributed by atoms with van der Waals surface area (Å²) in [4.78, 5) is 14.5. The monoisotopic (exact) mass is 300 g/mol. The number of carbonyl (C=O) groups excluding carboxylic acids is 1. The molecule has 3 nitrogen and oxygen atoms in total. The lowest BCUT2D eigenvalue weighted by molar-refractivity contribution is 0.0615. The maximum absolute atomic E-state index is 12.6. The zero-order valence-electron chi connectivity index (χ0n) is 11.0. The van der Waals surface area contributed by atoms with Crippen LogP contribution >= 0.6 is 23.2 Å². The molecular formula is C14H18Cl2N2O. The van der Waals surface area contributed by atoms with Crippen molar-refractivity contribution in [1.29, 1.82) is 0 Å². The summed E-state index contributed by atoms with van der Waals surface area (Å²) in [6.45, 7) is 1.60. The maximum Gasteiger partial charge on any atom is 0.255 e. The van der Waals surface area contributed by atoms with Crippen LogP contribution in [0.4, 0.5) is 0 Å². The van der Waals surface area contributed by atoms with Gasteiger partial charge in [0.15, 0.2) is 0 Å². The van der Waals surface area contributed by atoms with Crippen molar-refractivity contribution in [2.45, 2.75) is 25.3 Å². The Morgan fingerprint density at radius 3 is 2.95 bits per heavy atom. The van der Waals surface area contributed by atoms with Crippen LogP contribution in [0.3, 0.4) is 0 Å². The summed E-state index contributed by atoms with van der Waals surface area (Å²) >= 11 is 12.1. The molecule has 2 rings (SSSR count). The van der Waals surface area contributed by atoms with E-state index in [1.807, 2.05) is 11.9 Å². The number of piperidine rings is 1. The normalized spacial score (nSPS) is 19.5. The fraction of sp³-hybridized carbons (Fsp3) is 0.500. The second kappa shape index (κ2) is 6.60. The Morgan fingerprint density at radius 2 is 2.21 bits per heavy atom. The van der Waals surface area contributed by atoms with Gasteiger partial charge in [-0.25, -0.2) is 0 Å². The summed E-state index contributed by atoms with van der Waals surface area (Å²) in [5.41, 5.74) is 0.497. The van der Waals surface area contributed by atoms with Gasteiger partial charge in [0.2, 0.25) is 0 Å². The highest BCUT2D eigenvalue weighted by Gasteiger charge is 2.28. The molecule has 0 aromatic heterocycles. The second-order valence-corrected chi connectivity index (χ2v) is 5.67. The van der Waals surface area contributed by atoms with Crippen LogP contribution in [0.15, 0.2) is 18.2 Å². The molecule has 1 aromatic carbocycles. The maximum atomic E-state index is 12.6. The van der Waals surface area contributed by atoms with Gasteiger partial charge in [0, 0.05) is 24.2 Å².